The second kappa shape index (κ2) is 9.69. The largest absolute Gasteiger partial charge is 0.497 e. The van der Waals surface area contributed by atoms with E-state index in [-0.39, 0.29) is 6.04 Å². The molecule has 0 amide bonds. The SMILES string of the molecule is COCCNc1ccc(-c2noc([C@H]3CCCN3Cc3ccc(OC)cc3)n2)cn1. The minimum atomic E-state index is 0.135. The molecule has 30 heavy (non-hydrogen) atoms. The van der Waals surface area contributed by atoms with Crippen molar-refractivity contribution in [2.45, 2.75) is 25.4 Å². The third kappa shape index (κ3) is 4.77. The molecule has 1 aliphatic rings. The third-order valence-corrected chi connectivity index (χ3v) is 5.27. The van der Waals surface area contributed by atoms with Crippen molar-refractivity contribution in [3.63, 3.8) is 0 Å². The number of rotatable bonds is 9. The molecule has 0 bridgehead atoms. The lowest BCUT2D eigenvalue weighted by Gasteiger charge is -2.21. The van der Waals surface area contributed by atoms with Crippen molar-refractivity contribution in [3.05, 3.63) is 54.0 Å². The Morgan fingerprint density at radius 1 is 1.17 bits per heavy atom. The predicted octanol–water partition coefficient (Wildman–Crippen LogP) is 3.54. The maximum atomic E-state index is 5.63. The summed E-state index contributed by atoms with van der Waals surface area (Å²) in [7, 11) is 3.36. The quantitative estimate of drug-likeness (QED) is 0.537. The Kier molecular flexibility index (Phi) is 6.56. The summed E-state index contributed by atoms with van der Waals surface area (Å²) in [5.41, 5.74) is 2.07. The maximum absolute atomic E-state index is 5.63. The van der Waals surface area contributed by atoms with E-state index >= 15 is 0 Å². The number of benzene rings is 1. The summed E-state index contributed by atoms with van der Waals surface area (Å²) >= 11 is 0. The number of nitrogens with zero attached hydrogens (tertiary/aromatic N) is 4. The van der Waals surface area contributed by atoms with E-state index in [0.717, 1.165) is 43.1 Å². The zero-order chi connectivity index (χ0) is 20.8. The first-order valence-corrected chi connectivity index (χ1v) is 10.2. The lowest BCUT2D eigenvalue weighted by molar-refractivity contribution is 0.201. The number of likely N-dealkylation sites (tertiary alicyclic amines) is 1. The molecule has 158 valence electrons. The van der Waals surface area contributed by atoms with Crippen molar-refractivity contribution in [1.82, 2.24) is 20.0 Å². The minimum absolute atomic E-state index is 0.135. The summed E-state index contributed by atoms with van der Waals surface area (Å²) in [6.07, 6.45) is 3.88. The number of hydrogen-bond donors (Lipinski definition) is 1. The number of pyridine rings is 1. The smallest absolute Gasteiger partial charge is 0.244 e. The summed E-state index contributed by atoms with van der Waals surface area (Å²) < 4.78 is 15.9. The van der Waals surface area contributed by atoms with E-state index in [0.29, 0.717) is 24.9 Å². The first kappa shape index (κ1) is 20.3. The van der Waals surface area contributed by atoms with Gasteiger partial charge in [-0.05, 0) is 49.2 Å². The molecule has 1 fully saturated rings. The minimum Gasteiger partial charge on any atom is -0.497 e. The van der Waals surface area contributed by atoms with Crippen molar-refractivity contribution in [3.8, 4) is 17.1 Å². The molecule has 1 N–H and O–H groups in total. The first-order valence-electron chi connectivity index (χ1n) is 10.2. The van der Waals surface area contributed by atoms with Crippen LogP contribution in [0.3, 0.4) is 0 Å². The van der Waals surface area contributed by atoms with Gasteiger partial charge in [-0.3, -0.25) is 4.90 Å². The summed E-state index contributed by atoms with van der Waals surface area (Å²) in [6.45, 7) is 3.19. The van der Waals surface area contributed by atoms with Gasteiger partial charge < -0.3 is 19.3 Å². The Morgan fingerprint density at radius 3 is 2.77 bits per heavy atom. The van der Waals surface area contributed by atoms with Crippen molar-refractivity contribution in [2.24, 2.45) is 0 Å². The maximum Gasteiger partial charge on any atom is 0.244 e. The molecule has 1 aromatic carbocycles. The molecule has 0 aliphatic carbocycles. The normalized spacial score (nSPS) is 16.7. The zero-order valence-corrected chi connectivity index (χ0v) is 17.4. The number of ether oxygens (including phenoxy) is 2. The Bertz CT molecular complexity index is 927. The summed E-state index contributed by atoms with van der Waals surface area (Å²) in [5, 5.41) is 7.39. The van der Waals surface area contributed by atoms with Gasteiger partial charge in [-0.25, -0.2) is 4.98 Å². The van der Waals surface area contributed by atoms with Gasteiger partial charge in [-0.15, -0.1) is 0 Å². The van der Waals surface area contributed by atoms with Crippen LogP contribution in [-0.2, 0) is 11.3 Å². The van der Waals surface area contributed by atoms with Gasteiger partial charge in [0, 0.05) is 32.0 Å². The van der Waals surface area contributed by atoms with Gasteiger partial charge >= 0.3 is 0 Å². The van der Waals surface area contributed by atoms with Crippen LogP contribution in [0.5, 0.6) is 5.75 Å². The zero-order valence-electron chi connectivity index (χ0n) is 17.4. The topological polar surface area (TPSA) is 85.5 Å². The van der Waals surface area contributed by atoms with Gasteiger partial charge in [0.2, 0.25) is 11.7 Å². The number of anilines is 1. The van der Waals surface area contributed by atoms with E-state index in [1.54, 1.807) is 20.4 Å². The molecule has 1 saturated heterocycles. The standard InChI is InChI=1S/C22H27N5O3/c1-28-13-11-23-20-10-7-17(14-24-20)21-25-22(30-26-21)19-4-3-12-27(19)15-16-5-8-18(29-2)9-6-16/h5-10,14,19H,3-4,11-13,15H2,1-2H3,(H,23,24)/t19-/m1/s1. The molecule has 0 unspecified atom stereocenters. The van der Waals surface area contributed by atoms with Crippen molar-refractivity contribution in [2.75, 3.05) is 39.2 Å². The Labute approximate surface area is 176 Å². The highest BCUT2D eigenvalue weighted by Gasteiger charge is 2.30. The second-order valence-electron chi connectivity index (χ2n) is 7.28. The number of hydrogen-bond acceptors (Lipinski definition) is 8. The average molecular weight is 409 g/mol. The molecule has 3 heterocycles. The highest BCUT2D eigenvalue weighted by atomic mass is 16.5. The second-order valence-corrected chi connectivity index (χ2v) is 7.28. The molecule has 2 aromatic heterocycles. The summed E-state index contributed by atoms with van der Waals surface area (Å²) in [6, 6.07) is 12.2. The molecule has 8 nitrogen and oxygen atoms in total. The molecule has 0 saturated carbocycles. The fourth-order valence-corrected chi connectivity index (χ4v) is 3.66. The van der Waals surface area contributed by atoms with Crippen LogP contribution >= 0.6 is 0 Å². The molecule has 0 spiro atoms. The average Bonchev–Trinajstić information content (AvgIpc) is 3.44. The Morgan fingerprint density at radius 2 is 2.03 bits per heavy atom. The van der Waals surface area contributed by atoms with Crippen LogP contribution in [0.4, 0.5) is 5.82 Å². The first-order chi connectivity index (χ1) is 14.8. The fourth-order valence-electron chi connectivity index (χ4n) is 3.66. The van der Waals surface area contributed by atoms with E-state index in [1.807, 2.05) is 24.3 Å². The van der Waals surface area contributed by atoms with Crippen LogP contribution in [0, 0.1) is 0 Å². The lowest BCUT2D eigenvalue weighted by atomic mass is 10.1. The molecular weight excluding hydrogens is 382 g/mol. The van der Waals surface area contributed by atoms with Gasteiger partial charge in [-0.2, -0.15) is 4.98 Å². The van der Waals surface area contributed by atoms with E-state index < -0.39 is 0 Å². The van der Waals surface area contributed by atoms with Gasteiger partial charge in [0.25, 0.3) is 0 Å². The molecule has 8 heteroatoms. The molecular formula is C22H27N5O3. The monoisotopic (exact) mass is 409 g/mol. The van der Waals surface area contributed by atoms with Crippen molar-refractivity contribution in [1.29, 1.82) is 0 Å². The number of aromatic nitrogens is 3. The van der Waals surface area contributed by atoms with Crippen LogP contribution in [-0.4, -0.2) is 53.9 Å². The number of methoxy groups -OCH3 is 2. The van der Waals surface area contributed by atoms with Crippen molar-refractivity contribution < 1.29 is 14.0 Å². The van der Waals surface area contributed by atoms with Gasteiger partial charge in [0.1, 0.15) is 11.6 Å². The Hall–Kier alpha value is -2.97. The van der Waals surface area contributed by atoms with Crippen LogP contribution < -0.4 is 10.1 Å². The highest BCUT2D eigenvalue weighted by Crippen LogP contribution is 2.33. The molecule has 1 aliphatic heterocycles. The van der Waals surface area contributed by atoms with Crippen LogP contribution in [0.1, 0.15) is 30.3 Å². The van der Waals surface area contributed by atoms with E-state index in [4.69, 9.17) is 14.0 Å². The molecule has 0 radical (unpaired) electrons. The van der Waals surface area contributed by atoms with Gasteiger partial charge in [0.05, 0.1) is 19.8 Å². The lowest BCUT2D eigenvalue weighted by Crippen LogP contribution is -2.23. The molecule has 4 rings (SSSR count). The fraction of sp³-hybridized carbons (Fsp3) is 0.409. The highest BCUT2D eigenvalue weighted by molar-refractivity contribution is 5.55. The summed E-state index contributed by atoms with van der Waals surface area (Å²) in [4.78, 5) is 11.5. The van der Waals surface area contributed by atoms with E-state index in [2.05, 4.69) is 37.5 Å². The third-order valence-electron chi connectivity index (χ3n) is 5.27. The molecule has 3 aromatic rings. The van der Waals surface area contributed by atoms with Crippen LogP contribution in [0.15, 0.2) is 47.1 Å². The number of nitrogens with one attached hydrogen (secondary N) is 1. The molecule has 1 atom stereocenters. The van der Waals surface area contributed by atoms with Crippen LogP contribution in [0.2, 0.25) is 0 Å². The van der Waals surface area contributed by atoms with Gasteiger partial charge in [-0.1, -0.05) is 17.3 Å². The van der Waals surface area contributed by atoms with Crippen LogP contribution in [0.25, 0.3) is 11.4 Å². The predicted molar refractivity (Wildman–Crippen MR) is 113 cm³/mol. The van der Waals surface area contributed by atoms with Gasteiger partial charge in [0.15, 0.2) is 0 Å². The summed E-state index contributed by atoms with van der Waals surface area (Å²) in [5.74, 6) is 2.89. The van der Waals surface area contributed by atoms with E-state index in [9.17, 15) is 0 Å². The Balaban J connectivity index is 1.42. The van der Waals surface area contributed by atoms with E-state index in [1.165, 1.54) is 5.56 Å². The van der Waals surface area contributed by atoms with Crippen molar-refractivity contribution >= 4 is 5.82 Å².